The van der Waals surface area contributed by atoms with E-state index in [1.807, 2.05) is 18.2 Å². The quantitative estimate of drug-likeness (QED) is 0.501. The molecule has 2 aromatic heterocycles. The smallest absolute Gasteiger partial charge is 0.261 e. The van der Waals surface area contributed by atoms with Gasteiger partial charge in [0, 0.05) is 35.4 Å². The number of carbonyl (C=O) groups is 1. The Labute approximate surface area is 171 Å². The molecule has 4 aromatic rings. The van der Waals surface area contributed by atoms with Crippen molar-refractivity contribution in [3.05, 3.63) is 58.4 Å². The van der Waals surface area contributed by atoms with Crippen LogP contribution in [0, 0.1) is 0 Å². The van der Waals surface area contributed by atoms with Crippen LogP contribution in [0.3, 0.4) is 0 Å². The molecule has 2 N–H and O–H groups in total. The first-order chi connectivity index (χ1) is 14.2. The Bertz CT molecular complexity index is 1320. The summed E-state index contributed by atoms with van der Waals surface area (Å²) in [6, 6.07) is 13.4. The van der Waals surface area contributed by atoms with Crippen LogP contribution in [0.1, 0.15) is 18.4 Å². The number of benzene rings is 2. The second-order valence-corrected chi connectivity index (χ2v) is 7.62. The maximum absolute atomic E-state index is 13.2. The molecule has 7 heteroatoms. The number of aromatic nitrogens is 3. The average Bonchev–Trinajstić information content (AvgIpc) is 3.12. The number of para-hydroxylation sites is 1. The molecule has 5 rings (SSSR count). The zero-order valence-corrected chi connectivity index (χ0v) is 16.4. The van der Waals surface area contributed by atoms with Crippen molar-refractivity contribution in [1.29, 1.82) is 0 Å². The fourth-order valence-electron chi connectivity index (χ4n) is 4.02. The number of nitrogens with zero attached hydrogens (tertiary/aromatic N) is 2. The molecule has 1 amide bonds. The zero-order chi connectivity index (χ0) is 20.0. The molecule has 1 aliphatic heterocycles. The van der Waals surface area contributed by atoms with E-state index in [2.05, 4.69) is 16.4 Å². The van der Waals surface area contributed by atoms with Crippen molar-refractivity contribution in [1.82, 2.24) is 14.5 Å². The van der Waals surface area contributed by atoms with E-state index in [-0.39, 0.29) is 11.5 Å². The topological polar surface area (TPSA) is 79.8 Å². The van der Waals surface area contributed by atoms with Crippen molar-refractivity contribution in [3.63, 3.8) is 0 Å². The predicted octanol–water partition coefficient (Wildman–Crippen LogP) is 4.06. The van der Waals surface area contributed by atoms with Gasteiger partial charge in [0.25, 0.3) is 5.56 Å². The van der Waals surface area contributed by atoms with Crippen LogP contribution in [0.2, 0.25) is 0 Å². The van der Waals surface area contributed by atoms with E-state index < -0.39 is 0 Å². The summed E-state index contributed by atoms with van der Waals surface area (Å²) in [6.45, 7) is 0.582. The molecule has 0 aliphatic carbocycles. The molecular weight excluding hydrogens is 388 g/mol. The largest absolute Gasteiger partial charge is 0.352 e. The summed E-state index contributed by atoms with van der Waals surface area (Å²) < 4.78 is 1.72. The number of alkyl halides is 1. The van der Waals surface area contributed by atoms with E-state index in [1.165, 1.54) is 10.9 Å². The van der Waals surface area contributed by atoms with Gasteiger partial charge in [-0.05, 0) is 42.7 Å². The molecule has 1 aliphatic rings. The zero-order valence-electron chi connectivity index (χ0n) is 15.7. The first-order valence-corrected chi connectivity index (χ1v) is 10.2. The Morgan fingerprint density at radius 1 is 1.21 bits per heavy atom. The minimum atomic E-state index is -0.112. The maximum Gasteiger partial charge on any atom is 0.261 e. The van der Waals surface area contributed by atoms with Gasteiger partial charge in [0.15, 0.2) is 5.82 Å². The molecule has 0 saturated heterocycles. The predicted molar refractivity (Wildman–Crippen MR) is 116 cm³/mol. The summed E-state index contributed by atoms with van der Waals surface area (Å²) >= 11 is 5.64. The van der Waals surface area contributed by atoms with E-state index >= 15 is 0 Å². The second-order valence-electron chi connectivity index (χ2n) is 7.24. The van der Waals surface area contributed by atoms with Crippen LogP contribution < -0.4 is 10.9 Å². The molecule has 0 fully saturated rings. The first kappa shape index (κ1) is 17.9. The third-order valence-electron chi connectivity index (χ3n) is 5.40. The number of hydrogen-bond acceptors (Lipinski definition) is 3. The number of H-pyrrole nitrogens is 1. The molecule has 6 nitrogen and oxygen atoms in total. The van der Waals surface area contributed by atoms with Crippen LogP contribution in [0.5, 0.6) is 0 Å². The minimum Gasteiger partial charge on any atom is -0.352 e. The van der Waals surface area contributed by atoms with Gasteiger partial charge in [-0.2, -0.15) is 0 Å². The molecule has 0 atom stereocenters. The number of anilines is 1. The van der Waals surface area contributed by atoms with Crippen LogP contribution in [0.15, 0.2) is 47.3 Å². The molecule has 3 heterocycles. The molecule has 0 saturated carbocycles. The average molecular weight is 407 g/mol. The van der Waals surface area contributed by atoms with Crippen LogP contribution in [-0.2, 0) is 17.8 Å². The summed E-state index contributed by atoms with van der Waals surface area (Å²) in [5, 5.41) is 4.51. The Hall–Kier alpha value is -3.12. The lowest BCUT2D eigenvalue weighted by atomic mass is 10.0. The molecule has 146 valence electrons. The van der Waals surface area contributed by atoms with Crippen LogP contribution in [0.4, 0.5) is 5.69 Å². The van der Waals surface area contributed by atoms with Gasteiger partial charge in [-0.3, -0.25) is 14.2 Å². The maximum atomic E-state index is 13.2. The van der Waals surface area contributed by atoms with E-state index in [9.17, 15) is 9.59 Å². The lowest BCUT2D eigenvalue weighted by Gasteiger charge is -2.19. The molecule has 29 heavy (non-hydrogen) atoms. The van der Waals surface area contributed by atoms with Crippen LogP contribution in [-0.4, -0.2) is 26.3 Å². The summed E-state index contributed by atoms with van der Waals surface area (Å²) in [7, 11) is 0. The Morgan fingerprint density at radius 3 is 2.93 bits per heavy atom. The van der Waals surface area contributed by atoms with Gasteiger partial charge in [0.05, 0.1) is 16.6 Å². The fraction of sp³-hybridized carbons (Fsp3) is 0.227. The van der Waals surface area contributed by atoms with Gasteiger partial charge in [-0.15, -0.1) is 11.6 Å². The number of halogens is 1. The molecule has 0 bridgehead atoms. The van der Waals surface area contributed by atoms with Crippen molar-refractivity contribution in [2.24, 2.45) is 0 Å². The Kier molecular flexibility index (Phi) is 4.36. The third-order valence-corrected chi connectivity index (χ3v) is 5.67. The lowest BCUT2D eigenvalue weighted by molar-refractivity contribution is -0.116. The van der Waals surface area contributed by atoms with E-state index in [1.54, 1.807) is 22.8 Å². The van der Waals surface area contributed by atoms with Crippen molar-refractivity contribution in [2.45, 2.75) is 25.8 Å². The van der Waals surface area contributed by atoms with E-state index in [4.69, 9.17) is 16.6 Å². The normalized spacial score (nSPS) is 12.7. The van der Waals surface area contributed by atoms with Gasteiger partial charge in [0.1, 0.15) is 0 Å². The van der Waals surface area contributed by atoms with E-state index in [0.717, 1.165) is 17.6 Å². The van der Waals surface area contributed by atoms with Gasteiger partial charge in [-0.1, -0.05) is 18.2 Å². The van der Waals surface area contributed by atoms with Gasteiger partial charge < -0.3 is 10.3 Å². The van der Waals surface area contributed by atoms with Gasteiger partial charge in [0.2, 0.25) is 5.91 Å². The van der Waals surface area contributed by atoms with Crippen molar-refractivity contribution in [3.8, 4) is 11.5 Å². The highest BCUT2D eigenvalue weighted by molar-refractivity contribution is 6.18. The highest BCUT2D eigenvalue weighted by atomic mass is 35.5. The van der Waals surface area contributed by atoms with Crippen LogP contribution in [0.25, 0.3) is 33.3 Å². The number of carbonyl (C=O) groups excluding carboxylic acids is 1. The van der Waals surface area contributed by atoms with Crippen molar-refractivity contribution < 1.29 is 4.79 Å². The standard InChI is InChI=1S/C22H19ClN4O2/c23-10-3-6-19(28)24-13-7-8-18-16(12-13)22(29)27-11-9-15-14-4-1-2-5-17(14)25-20(15)21(27)26-18/h1-2,4-5,7-8,12,25H,3,6,9-11H2,(H,24,28). The molecule has 0 unspecified atom stereocenters. The number of amides is 1. The highest BCUT2D eigenvalue weighted by Crippen LogP contribution is 2.33. The Balaban J connectivity index is 1.60. The van der Waals surface area contributed by atoms with Crippen molar-refractivity contribution in [2.75, 3.05) is 11.2 Å². The molecule has 0 radical (unpaired) electrons. The second kappa shape index (κ2) is 7.04. The number of rotatable bonds is 4. The van der Waals surface area contributed by atoms with Crippen LogP contribution >= 0.6 is 11.6 Å². The number of aryl methyl sites for hydroxylation is 1. The van der Waals surface area contributed by atoms with Gasteiger partial charge in [-0.25, -0.2) is 4.98 Å². The lowest BCUT2D eigenvalue weighted by Crippen LogP contribution is -2.27. The summed E-state index contributed by atoms with van der Waals surface area (Å²) in [5.74, 6) is 0.996. The number of aromatic amines is 1. The molecule has 2 aromatic carbocycles. The van der Waals surface area contributed by atoms with Crippen molar-refractivity contribution >= 4 is 45.0 Å². The highest BCUT2D eigenvalue weighted by Gasteiger charge is 2.24. The monoisotopic (exact) mass is 406 g/mol. The fourth-order valence-corrected chi connectivity index (χ4v) is 4.16. The Morgan fingerprint density at radius 2 is 2.07 bits per heavy atom. The molecule has 0 spiro atoms. The summed E-state index contributed by atoms with van der Waals surface area (Å²) in [5.41, 5.74) is 4.29. The SMILES string of the molecule is O=C(CCCCl)Nc1ccc2nc3n(c(=O)c2c1)CCc1c-3[nH]c2ccccc12. The van der Waals surface area contributed by atoms with E-state index in [0.29, 0.717) is 47.7 Å². The number of hydrogen-bond donors (Lipinski definition) is 2. The van der Waals surface area contributed by atoms with Gasteiger partial charge >= 0.3 is 0 Å². The number of fused-ring (bicyclic) bond motifs is 6. The summed E-state index contributed by atoms with van der Waals surface area (Å²) in [6.07, 6.45) is 1.74. The summed E-state index contributed by atoms with van der Waals surface area (Å²) in [4.78, 5) is 33.4. The minimum absolute atomic E-state index is 0.0915. The third kappa shape index (κ3) is 3.00. The first-order valence-electron chi connectivity index (χ1n) is 9.66. The molecular formula is C22H19ClN4O2. The number of nitrogens with one attached hydrogen (secondary N) is 2.